The highest BCUT2D eigenvalue weighted by Crippen LogP contribution is 2.28. The van der Waals surface area contributed by atoms with Gasteiger partial charge in [-0.05, 0) is 36.1 Å². The predicted octanol–water partition coefficient (Wildman–Crippen LogP) is 3.50. The van der Waals surface area contributed by atoms with E-state index in [0.29, 0.717) is 18.2 Å². The first-order valence-corrected chi connectivity index (χ1v) is 10.9. The number of benzene rings is 2. The van der Waals surface area contributed by atoms with Gasteiger partial charge < -0.3 is 15.3 Å². The highest BCUT2D eigenvalue weighted by molar-refractivity contribution is 5.60. The molecule has 2 atom stereocenters. The van der Waals surface area contributed by atoms with Gasteiger partial charge in [-0.15, -0.1) is 0 Å². The molecular formula is C24H25F2N5O. The van der Waals surface area contributed by atoms with Crippen LogP contribution >= 0.6 is 0 Å². The molecule has 1 fully saturated rings. The Morgan fingerprint density at radius 2 is 1.84 bits per heavy atom. The van der Waals surface area contributed by atoms with E-state index in [-0.39, 0.29) is 11.7 Å². The van der Waals surface area contributed by atoms with Crippen molar-refractivity contribution >= 4 is 17.3 Å². The normalized spacial score (nSPS) is 21.3. The lowest BCUT2D eigenvalue weighted by atomic mass is 9.94. The summed E-state index contributed by atoms with van der Waals surface area (Å²) in [7, 11) is 0. The molecule has 2 aromatic carbocycles. The number of halogens is 2. The van der Waals surface area contributed by atoms with Crippen molar-refractivity contribution in [2.45, 2.75) is 31.5 Å². The average molecular weight is 437 g/mol. The van der Waals surface area contributed by atoms with Crippen LogP contribution in [0, 0.1) is 11.6 Å². The number of aliphatic hydroxyl groups excluding tert-OH is 1. The minimum atomic E-state index is -0.952. The molecule has 1 aromatic heterocycles. The maximum Gasteiger partial charge on any atom is 0.182 e. The number of hydrogen-bond acceptors (Lipinski definition) is 6. The lowest BCUT2D eigenvalue weighted by Gasteiger charge is -2.43. The molecular weight excluding hydrogens is 412 g/mol. The van der Waals surface area contributed by atoms with Crippen molar-refractivity contribution in [3.63, 3.8) is 0 Å². The molecule has 2 N–H and O–H groups in total. The second-order valence-electron chi connectivity index (χ2n) is 8.35. The monoisotopic (exact) mass is 437 g/mol. The molecule has 5 rings (SSSR count). The first-order chi connectivity index (χ1) is 15.6. The smallest absolute Gasteiger partial charge is 0.182 e. The molecule has 166 valence electrons. The van der Waals surface area contributed by atoms with E-state index in [4.69, 9.17) is 0 Å². The molecule has 6 nitrogen and oxygen atoms in total. The van der Waals surface area contributed by atoms with E-state index in [9.17, 15) is 13.9 Å². The summed E-state index contributed by atoms with van der Waals surface area (Å²) < 4.78 is 27.5. The van der Waals surface area contributed by atoms with Crippen LogP contribution in [-0.2, 0) is 13.0 Å². The Bertz CT molecular complexity index is 1110. The van der Waals surface area contributed by atoms with Gasteiger partial charge in [-0.3, -0.25) is 4.90 Å². The number of nitrogens with one attached hydrogen (secondary N) is 1. The van der Waals surface area contributed by atoms with Crippen molar-refractivity contribution in [3.8, 4) is 0 Å². The van der Waals surface area contributed by atoms with E-state index >= 15 is 0 Å². The third kappa shape index (κ3) is 4.16. The number of rotatable bonds is 4. The van der Waals surface area contributed by atoms with E-state index in [1.807, 2.05) is 4.90 Å². The molecule has 3 heterocycles. The number of β-amino-alcohol motifs (C(OH)–C–C–N with tert-alkyl or cyclic N) is 1. The summed E-state index contributed by atoms with van der Waals surface area (Å²) in [6, 6.07) is 14.2. The minimum absolute atomic E-state index is 0.0128. The lowest BCUT2D eigenvalue weighted by molar-refractivity contribution is 0.0293. The van der Waals surface area contributed by atoms with Crippen molar-refractivity contribution in [2.75, 3.05) is 29.9 Å². The zero-order valence-electron chi connectivity index (χ0n) is 17.6. The van der Waals surface area contributed by atoms with Crippen molar-refractivity contribution in [3.05, 3.63) is 77.6 Å². The summed E-state index contributed by atoms with van der Waals surface area (Å²) in [5.74, 6) is -0.869. The quantitative estimate of drug-likeness (QED) is 0.652. The second-order valence-corrected chi connectivity index (χ2v) is 8.35. The van der Waals surface area contributed by atoms with Crippen LogP contribution in [0.15, 0.2) is 54.9 Å². The van der Waals surface area contributed by atoms with Gasteiger partial charge in [0.15, 0.2) is 11.6 Å². The largest absolute Gasteiger partial charge is 0.390 e. The fourth-order valence-electron chi connectivity index (χ4n) is 4.68. The Balaban J connectivity index is 1.26. The van der Waals surface area contributed by atoms with Crippen molar-refractivity contribution in [1.82, 2.24) is 14.9 Å². The Labute approximate surface area is 185 Å². The van der Waals surface area contributed by atoms with Crippen LogP contribution in [0.4, 0.5) is 26.1 Å². The Morgan fingerprint density at radius 1 is 1.00 bits per heavy atom. The molecule has 0 amide bonds. The van der Waals surface area contributed by atoms with Crippen molar-refractivity contribution in [1.29, 1.82) is 0 Å². The Morgan fingerprint density at radius 3 is 2.69 bits per heavy atom. The summed E-state index contributed by atoms with van der Waals surface area (Å²) in [5.41, 5.74) is 2.75. The van der Waals surface area contributed by atoms with E-state index in [1.54, 1.807) is 6.07 Å². The highest BCUT2D eigenvalue weighted by atomic mass is 19.2. The Hall–Kier alpha value is -3.10. The van der Waals surface area contributed by atoms with Gasteiger partial charge in [0.2, 0.25) is 0 Å². The van der Waals surface area contributed by atoms with Gasteiger partial charge in [-0.1, -0.05) is 30.3 Å². The van der Waals surface area contributed by atoms with Gasteiger partial charge in [0.05, 0.1) is 11.8 Å². The second kappa shape index (κ2) is 8.80. The third-order valence-electron chi connectivity index (χ3n) is 6.37. The third-order valence-corrected chi connectivity index (χ3v) is 6.37. The molecule has 0 aliphatic carbocycles. The number of aliphatic hydroxyl groups is 1. The van der Waals surface area contributed by atoms with Gasteiger partial charge in [0.25, 0.3) is 0 Å². The van der Waals surface area contributed by atoms with E-state index < -0.39 is 17.7 Å². The molecule has 0 saturated carbocycles. The van der Waals surface area contributed by atoms with Gasteiger partial charge in [0, 0.05) is 38.3 Å². The first kappa shape index (κ1) is 20.8. The number of hydrogen-bond donors (Lipinski definition) is 2. The highest BCUT2D eigenvalue weighted by Gasteiger charge is 2.34. The van der Waals surface area contributed by atoms with E-state index in [0.717, 1.165) is 38.5 Å². The summed E-state index contributed by atoms with van der Waals surface area (Å²) in [5, 5.41) is 13.7. The summed E-state index contributed by atoms with van der Waals surface area (Å²) >= 11 is 0. The number of anilines is 3. The molecule has 2 aliphatic heterocycles. The van der Waals surface area contributed by atoms with Crippen molar-refractivity contribution < 1.29 is 13.9 Å². The molecule has 1 saturated heterocycles. The lowest BCUT2D eigenvalue weighted by Crippen LogP contribution is -2.55. The van der Waals surface area contributed by atoms with Crippen LogP contribution < -0.4 is 10.2 Å². The van der Waals surface area contributed by atoms with Crippen LogP contribution in [0.3, 0.4) is 0 Å². The topological polar surface area (TPSA) is 64.5 Å². The average Bonchev–Trinajstić information content (AvgIpc) is 2.82. The summed E-state index contributed by atoms with van der Waals surface area (Å²) in [6.45, 7) is 3.00. The maximum atomic E-state index is 14.0. The number of aromatic nitrogens is 2. The molecule has 0 radical (unpaired) electrons. The van der Waals surface area contributed by atoms with E-state index in [2.05, 4.69) is 44.5 Å². The summed E-state index contributed by atoms with van der Waals surface area (Å²) in [6.07, 6.45) is 2.69. The molecule has 8 heteroatoms. The van der Waals surface area contributed by atoms with Crippen LogP contribution in [0.25, 0.3) is 0 Å². The van der Waals surface area contributed by atoms with Gasteiger partial charge in [-0.2, -0.15) is 0 Å². The van der Waals surface area contributed by atoms with Gasteiger partial charge >= 0.3 is 0 Å². The summed E-state index contributed by atoms with van der Waals surface area (Å²) in [4.78, 5) is 12.8. The maximum absolute atomic E-state index is 14.0. The zero-order chi connectivity index (χ0) is 22.1. The number of nitrogens with zero attached hydrogens (tertiary/aromatic N) is 4. The van der Waals surface area contributed by atoms with Crippen LogP contribution in [0.1, 0.15) is 17.5 Å². The van der Waals surface area contributed by atoms with Crippen LogP contribution in [0.2, 0.25) is 0 Å². The molecule has 2 unspecified atom stereocenters. The fourth-order valence-corrected chi connectivity index (χ4v) is 4.68. The van der Waals surface area contributed by atoms with Gasteiger partial charge in [-0.25, -0.2) is 18.7 Å². The van der Waals surface area contributed by atoms with E-state index in [1.165, 1.54) is 29.6 Å². The van der Waals surface area contributed by atoms with Crippen molar-refractivity contribution in [2.24, 2.45) is 0 Å². The molecule has 32 heavy (non-hydrogen) atoms. The Kier molecular flexibility index (Phi) is 5.71. The number of piperidine rings is 1. The fraction of sp³-hybridized carbons (Fsp3) is 0.333. The van der Waals surface area contributed by atoms with Gasteiger partial charge in [0.1, 0.15) is 18.0 Å². The first-order valence-electron chi connectivity index (χ1n) is 10.9. The zero-order valence-corrected chi connectivity index (χ0v) is 17.6. The SMILES string of the molecule is OC1CN(c2cc(Nc3cccc(F)c3F)ncn2)CCC1N1CCc2ccccc2C1. The number of fused-ring (bicyclic) bond motifs is 1. The molecule has 3 aromatic rings. The molecule has 0 spiro atoms. The van der Waals surface area contributed by atoms with Crippen LogP contribution in [0.5, 0.6) is 0 Å². The standard InChI is InChI=1S/C24H25F2N5O/c25-18-6-3-7-19(24(18)26)29-22-12-23(28-15-27-22)31-11-9-20(21(32)14-31)30-10-8-16-4-1-2-5-17(16)13-30/h1-7,12,15,20-21,32H,8-11,13-14H2,(H,27,28,29). The molecule has 2 aliphatic rings. The molecule has 0 bridgehead atoms. The minimum Gasteiger partial charge on any atom is -0.390 e. The predicted molar refractivity (Wildman–Crippen MR) is 119 cm³/mol. The van der Waals surface area contributed by atoms with Crippen LogP contribution in [-0.4, -0.2) is 51.8 Å².